The summed E-state index contributed by atoms with van der Waals surface area (Å²) in [5, 5.41) is 0. The Morgan fingerprint density at radius 1 is 1.00 bits per heavy atom. The summed E-state index contributed by atoms with van der Waals surface area (Å²) in [7, 11) is 0. The summed E-state index contributed by atoms with van der Waals surface area (Å²) < 4.78 is 19.6. The van der Waals surface area contributed by atoms with Gasteiger partial charge in [0.05, 0.1) is 0 Å². The van der Waals surface area contributed by atoms with Crippen LogP contribution in [-0.4, -0.2) is 0 Å². The minimum absolute atomic E-state index is 0.260. The Bertz CT molecular complexity index is 635. The second-order valence-electron chi connectivity index (χ2n) is 5.28. The summed E-state index contributed by atoms with van der Waals surface area (Å²) in [6, 6.07) is 8.75. The van der Waals surface area contributed by atoms with Gasteiger partial charge >= 0.3 is 0 Å². The van der Waals surface area contributed by atoms with Gasteiger partial charge in [0.15, 0.2) is 0 Å². The summed E-state index contributed by atoms with van der Waals surface area (Å²) >= 11 is 0. The molecule has 2 rings (SSSR count). The second kappa shape index (κ2) is 5.63. The Balaban J connectivity index is 2.41. The van der Waals surface area contributed by atoms with Crippen molar-refractivity contribution in [3.05, 3.63) is 58.4 Å². The van der Waals surface area contributed by atoms with Gasteiger partial charge in [-0.15, -0.1) is 0 Å². The standard InChI is InChI=1S/C17H20FNO/c1-10-5-6-14(7-11(10)2)20-17-8-12(3)16(18)9-15(17)13(4)19/h5-9,13H,19H2,1-4H3/t13-/m0/s1. The summed E-state index contributed by atoms with van der Waals surface area (Å²) in [4.78, 5) is 0. The lowest BCUT2D eigenvalue weighted by Crippen LogP contribution is -2.08. The van der Waals surface area contributed by atoms with Crippen LogP contribution in [0, 0.1) is 26.6 Å². The highest BCUT2D eigenvalue weighted by Gasteiger charge is 2.13. The largest absolute Gasteiger partial charge is 0.457 e. The smallest absolute Gasteiger partial charge is 0.132 e. The molecule has 0 aromatic heterocycles. The molecule has 20 heavy (non-hydrogen) atoms. The minimum atomic E-state index is -0.286. The number of rotatable bonds is 3. The first-order valence-corrected chi connectivity index (χ1v) is 6.69. The van der Waals surface area contributed by atoms with Crippen LogP contribution in [0.25, 0.3) is 0 Å². The maximum atomic E-state index is 13.7. The molecular formula is C17H20FNO. The topological polar surface area (TPSA) is 35.2 Å². The van der Waals surface area contributed by atoms with E-state index in [1.807, 2.05) is 32.0 Å². The zero-order valence-electron chi connectivity index (χ0n) is 12.3. The SMILES string of the molecule is Cc1ccc(Oc2cc(C)c(F)cc2[C@H](C)N)cc1C. The van der Waals surface area contributed by atoms with Crippen LogP contribution in [0.2, 0.25) is 0 Å². The lowest BCUT2D eigenvalue weighted by Gasteiger charge is -2.16. The van der Waals surface area contributed by atoms with Crippen molar-refractivity contribution in [1.29, 1.82) is 0 Å². The molecule has 0 bridgehead atoms. The lowest BCUT2D eigenvalue weighted by molar-refractivity contribution is 0.467. The third-order valence-corrected chi connectivity index (χ3v) is 3.49. The molecule has 0 saturated heterocycles. The summed E-state index contributed by atoms with van der Waals surface area (Å²) in [5.41, 5.74) is 9.48. The molecule has 1 atom stereocenters. The minimum Gasteiger partial charge on any atom is -0.457 e. The zero-order valence-corrected chi connectivity index (χ0v) is 12.3. The van der Waals surface area contributed by atoms with Gasteiger partial charge in [-0.05, 0) is 68.7 Å². The van der Waals surface area contributed by atoms with Gasteiger partial charge in [0, 0.05) is 11.6 Å². The number of ether oxygens (including phenoxy) is 1. The summed E-state index contributed by atoms with van der Waals surface area (Å²) in [6.45, 7) is 7.62. The molecule has 0 aliphatic heterocycles. The van der Waals surface area contributed by atoms with Crippen LogP contribution >= 0.6 is 0 Å². The molecule has 0 aliphatic rings. The molecule has 0 heterocycles. The van der Waals surface area contributed by atoms with Crippen LogP contribution in [0.4, 0.5) is 4.39 Å². The fourth-order valence-electron chi connectivity index (χ4n) is 2.02. The molecule has 106 valence electrons. The van der Waals surface area contributed by atoms with Crippen molar-refractivity contribution >= 4 is 0 Å². The average Bonchev–Trinajstić information content (AvgIpc) is 2.37. The van der Waals surface area contributed by atoms with Crippen molar-refractivity contribution in [2.24, 2.45) is 5.73 Å². The summed E-state index contributed by atoms with van der Waals surface area (Å²) in [5.74, 6) is 1.09. The lowest BCUT2D eigenvalue weighted by atomic mass is 10.0. The first-order chi connectivity index (χ1) is 9.38. The predicted molar refractivity (Wildman–Crippen MR) is 79.7 cm³/mol. The van der Waals surface area contributed by atoms with Crippen molar-refractivity contribution in [3.8, 4) is 11.5 Å². The van der Waals surface area contributed by atoms with Crippen molar-refractivity contribution in [2.75, 3.05) is 0 Å². The quantitative estimate of drug-likeness (QED) is 0.889. The number of benzene rings is 2. The molecule has 0 amide bonds. The van der Waals surface area contributed by atoms with Gasteiger partial charge in [-0.1, -0.05) is 6.07 Å². The van der Waals surface area contributed by atoms with E-state index in [1.165, 1.54) is 11.6 Å². The fourth-order valence-corrected chi connectivity index (χ4v) is 2.02. The number of aryl methyl sites for hydroxylation is 3. The number of nitrogens with two attached hydrogens (primary N) is 1. The van der Waals surface area contributed by atoms with Crippen LogP contribution in [0.3, 0.4) is 0 Å². The van der Waals surface area contributed by atoms with E-state index in [4.69, 9.17) is 10.5 Å². The first kappa shape index (κ1) is 14.5. The number of hydrogen-bond donors (Lipinski definition) is 1. The molecule has 3 heteroatoms. The highest BCUT2D eigenvalue weighted by atomic mass is 19.1. The molecule has 2 nitrogen and oxygen atoms in total. The molecule has 0 fully saturated rings. The molecule has 0 unspecified atom stereocenters. The monoisotopic (exact) mass is 273 g/mol. The normalized spacial score (nSPS) is 12.3. The van der Waals surface area contributed by atoms with E-state index in [0.717, 1.165) is 11.3 Å². The average molecular weight is 273 g/mol. The van der Waals surface area contributed by atoms with E-state index in [0.29, 0.717) is 16.9 Å². The van der Waals surface area contributed by atoms with Gasteiger partial charge in [0.25, 0.3) is 0 Å². The second-order valence-corrected chi connectivity index (χ2v) is 5.28. The Hall–Kier alpha value is -1.87. The van der Waals surface area contributed by atoms with Gasteiger partial charge in [-0.2, -0.15) is 0 Å². The molecule has 0 aliphatic carbocycles. The van der Waals surface area contributed by atoms with Crippen molar-refractivity contribution in [2.45, 2.75) is 33.7 Å². The Labute approximate surface area is 119 Å². The van der Waals surface area contributed by atoms with Crippen LogP contribution < -0.4 is 10.5 Å². The molecule has 2 N–H and O–H groups in total. The third-order valence-electron chi connectivity index (χ3n) is 3.49. The molecule has 2 aromatic carbocycles. The van der Waals surface area contributed by atoms with E-state index in [9.17, 15) is 4.39 Å². The zero-order chi connectivity index (χ0) is 14.9. The van der Waals surface area contributed by atoms with Crippen molar-refractivity contribution in [1.82, 2.24) is 0 Å². The van der Waals surface area contributed by atoms with Gasteiger partial charge in [0.2, 0.25) is 0 Å². The van der Waals surface area contributed by atoms with Crippen LogP contribution in [-0.2, 0) is 0 Å². The highest BCUT2D eigenvalue weighted by Crippen LogP contribution is 2.31. The van der Waals surface area contributed by atoms with Crippen LogP contribution in [0.1, 0.15) is 35.2 Å². The molecular weight excluding hydrogens is 253 g/mol. The van der Waals surface area contributed by atoms with E-state index in [1.54, 1.807) is 13.0 Å². The number of halogens is 1. The Morgan fingerprint density at radius 3 is 2.30 bits per heavy atom. The molecule has 0 radical (unpaired) electrons. The highest BCUT2D eigenvalue weighted by molar-refractivity contribution is 5.44. The van der Waals surface area contributed by atoms with E-state index >= 15 is 0 Å². The van der Waals surface area contributed by atoms with E-state index in [-0.39, 0.29) is 11.9 Å². The van der Waals surface area contributed by atoms with Crippen molar-refractivity contribution in [3.63, 3.8) is 0 Å². The van der Waals surface area contributed by atoms with E-state index < -0.39 is 0 Å². The van der Waals surface area contributed by atoms with Gasteiger partial charge < -0.3 is 10.5 Å². The predicted octanol–water partition coefficient (Wildman–Crippen LogP) is 4.56. The Morgan fingerprint density at radius 2 is 1.70 bits per heavy atom. The Kier molecular flexibility index (Phi) is 4.09. The van der Waals surface area contributed by atoms with Gasteiger partial charge in [-0.25, -0.2) is 4.39 Å². The molecule has 0 spiro atoms. The maximum Gasteiger partial charge on any atom is 0.132 e. The maximum absolute atomic E-state index is 13.7. The van der Waals surface area contributed by atoms with Crippen LogP contribution in [0.5, 0.6) is 11.5 Å². The molecule has 2 aromatic rings. The number of hydrogen-bond acceptors (Lipinski definition) is 2. The van der Waals surface area contributed by atoms with Gasteiger partial charge in [0.1, 0.15) is 17.3 Å². The van der Waals surface area contributed by atoms with Crippen molar-refractivity contribution < 1.29 is 9.13 Å². The molecule has 0 saturated carbocycles. The van der Waals surface area contributed by atoms with Crippen LogP contribution in [0.15, 0.2) is 30.3 Å². The van der Waals surface area contributed by atoms with Gasteiger partial charge in [-0.3, -0.25) is 0 Å². The third kappa shape index (κ3) is 2.99. The van der Waals surface area contributed by atoms with E-state index in [2.05, 4.69) is 6.92 Å². The first-order valence-electron chi connectivity index (χ1n) is 6.69. The summed E-state index contributed by atoms with van der Waals surface area (Å²) in [6.07, 6.45) is 0. The fraction of sp³-hybridized carbons (Fsp3) is 0.294.